The van der Waals surface area contributed by atoms with Crippen molar-refractivity contribution in [3.8, 4) is 0 Å². The van der Waals surface area contributed by atoms with Crippen LogP contribution in [0, 0.1) is 0 Å². The summed E-state index contributed by atoms with van der Waals surface area (Å²) in [5.41, 5.74) is 1.64. The maximum atomic E-state index is 12.5. The van der Waals surface area contributed by atoms with Crippen molar-refractivity contribution in [2.75, 3.05) is 31.7 Å². The molecule has 3 rings (SSSR count). The zero-order chi connectivity index (χ0) is 17.4. The molecule has 132 valence electrons. The molecule has 0 bridgehead atoms. The second-order valence-electron chi connectivity index (χ2n) is 6.22. The van der Waals surface area contributed by atoms with Crippen molar-refractivity contribution in [1.82, 2.24) is 4.72 Å². The smallest absolute Gasteiger partial charge is 0.240 e. The number of nitrogens with zero attached hydrogens (tertiary/aromatic N) is 1. The van der Waals surface area contributed by atoms with Crippen molar-refractivity contribution in [2.24, 2.45) is 0 Å². The van der Waals surface area contributed by atoms with E-state index in [1.54, 1.807) is 31.0 Å². The topological polar surface area (TPSA) is 84.9 Å². The molecule has 7 nitrogen and oxygen atoms in total. The second kappa shape index (κ2) is 6.44. The molecule has 1 saturated heterocycles. The van der Waals surface area contributed by atoms with Crippen LogP contribution in [0.4, 0.5) is 5.69 Å². The standard InChI is InChI=1S/C16H22N2O5S/c1-16(22-9-10-23-16)7-8-17-24(20,21)13-4-5-14-12(11-13)3-6-15(19)18(14)2/h4-5,11,17H,3,6-10H2,1-2H3. The summed E-state index contributed by atoms with van der Waals surface area (Å²) in [6.07, 6.45) is 1.39. The molecule has 8 heteroatoms. The minimum absolute atomic E-state index is 0.0426. The van der Waals surface area contributed by atoms with Crippen molar-refractivity contribution in [2.45, 2.75) is 36.9 Å². The highest BCUT2D eigenvalue weighted by atomic mass is 32.2. The Labute approximate surface area is 142 Å². The van der Waals surface area contributed by atoms with E-state index >= 15 is 0 Å². The molecule has 0 aliphatic carbocycles. The fourth-order valence-corrected chi connectivity index (χ4v) is 4.08. The van der Waals surface area contributed by atoms with Crippen LogP contribution < -0.4 is 9.62 Å². The van der Waals surface area contributed by atoms with E-state index in [1.165, 1.54) is 6.07 Å². The predicted molar refractivity (Wildman–Crippen MR) is 88.3 cm³/mol. The van der Waals surface area contributed by atoms with Crippen LogP contribution in [0.3, 0.4) is 0 Å². The number of aryl methyl sites for hydroxylation is 1. The largest absolute Gasteiger partial charge is 0.348 e. The first-order valence-corrected chi connectivity index (χ1v) is 9.46. The lowest BCUT2D eigenvalue weighted by Gasteiger charge is -2.26. The second-order valence-corrected chi connectivity index (χ2v) is 7.99. The maximum absolute atomic E-state index is 12.5. The van der Waals surface area contributed by atoms with Gasteiger partial charge in [0.05, 0.1) is 18.1 Å². The molecule has 1 amide bonds. The van der Waals surface area contributed by atoms with E-state index in [0.717, 1.165) is 11.3 Å². The van der Waals surface area contributed by atoms with Crippen molar-refractivity contribution in [3.05, 3.63) is 23.8 Å². The Morgan fingerprint density at radius 3 is 2.67 bits per heavy atom. The number of benzene rings is 1. The minimum Gasteiger partial charge on any atom is -0.348 e. The SMILES string of the molecule is CN1C(=O)CCc2cc(S(=O)(=O)NCCC3(C)OCCO3)ccc21. The molecule has 0 radical (unpaired) electrons. The first-order valence-electron chi connectivity index (χ1n) is 7.98. The van der Waals surface area contributed by atoms with Crippen LogP contribution in [0.5, 0.6) is 0 Å². The van der Waals surface area contributed by atoms with Gasteiger partial charge in [-0.3, -0.25) is 4.79 Å². The molecule has 0 aromatic heterocycles. The number of anilines is 1. The van der Waals surface area contributed by atoms with Gasteiger partial charge in [0.1, 0.15) is 0 Å². The molecule has 2 heterocycles. The first kappa shape index (κ1) is 17.3. The Balaban J connectivity index is 1.70. The number of hydrogen-bond acceptors (Lipinski definition) is 5. The van der Waals surface area contributed by atoms with Crippen LogP contribution in [-0.4, -0.2) is 46.9 Å². The summed E-state index contributed by atoms with van der Waals surface area (Å²) in [7, 11) is -1.90. The molecule has 1 N–H and O–H groups in total. The van der Waals surface area contributed by atoms with E-state index in [4.69, 9.17) is 9.47 Å². The monoisotopic (exact) mass is 354 g/mol. The Kier molecular flexibility index (Phi) is 4.65. The first-order chi connectivity index (χ1) is 11.3. The number of amides is 1. The van der Waals surface area contributed by atoms with Gasteiger partial charge in [-0.05, 0) is 37.1 Å². The van der Waals surface area contributed by atoms with Crippen molar-refractivity contribution in [3.63, 3.8) is 0 Å². The normalized spacial score (nSPS) is 20.2. The summed E-state index contributed by atoms with van der Waals surface area (Å²) >= 11 is 0. The lowest BCUT2D eigenvalue weighted by atomic mass is 10.0. The number of nitrogens with one attached hydrogen (secondary N) is 1. The Hall–Kier alpha value is -1.48. The Morgan fingerprint density at radius 2 is 1.96 bits per heavy atom. The van der Waals surface area contributed by atoms with Gasteiger partial charge in [0.25, 0.3) is 0 Å². The molecular weight excluding hydrogens is 332 g/mol. The van der Waals surface area contributed by atoms with Crippen molar-refractivity contribution in [1.29, 1.82) is 0 Å². The minimum atomic E-state index is -3.61. The van der Waals surface area contributed by atoms with Gasteiger partial charge in [0.2, 0.25) is 15.9 Å². The molecule has 2 aliphatic rings. The highest BCUT2D eigenvalue weighted by Crippen LogP contribution is 2.29. The van der Waals surface area contributed by atoms with E-state index in [1.807, 2.05) is 0 Å². The molecule has 24 heavy (non-hydrogen) atoms. The van der Waals surface area contributed by atoms with Gasteiger partial charge < -0.3 is 14.4 Å². The average molecular weight is 354 g/mol. The van der Waals surface area contributed by atoms with Crippen LogP contribution in [-0.2, 0) is 30.7 Å². The number of hydrogen-bond donors (Lipinski definition) is 1. The van der Waals surface area contributed by atoms with Crippen LogP contribution in [0.2, 0.25) is 0 Å². The highest BCUT2D eigenvalue weighted by Gasteiger charge is 2.31. The zero-order valence-corrected chi connectivity index (χ0v) is 14.7. The summed E-state index contributed by atoms with van der Waals surface area (Å²) < 4.78 is 38.4. The number of rotatable bonds is 5. The number of sulfonamides is 1. The molecule has 0 saturated carbocycles. The van der Waals surface area contributed by atoms with Crippen LogP contribution in [0.1, 0.15) is 25.3 Å². The average Bonchev–Trinajstić information content (AvgIpc) is 2.97. The lowest BCUT2D eigenvalue weighted by Crippen LogP contribution is -2.34. The fraction of sp³-hybridized carbons (Fsp3) is 0.562. The van der Waals surface area contributed by atoms with Crippen molar-refractivity contribution < 1.29 is 22.7 Å². The molecule has 0 unspecified atom stereocenters. The molecule has 1 fully saturated rings. The number of ether oxygens (including phenoxy) is 2. The molecular formula is C16H22N2O5S. The molecule has 2 aliphatic heterocycles. The summed E-state index contributed by atoms with van der Waals surface area (Å²) in [4.78, 5) is 13.5. The van der Waals surface area contributed by atoms with Crippen LogP contribution in [0.25, 0.3) is 0 Å². The molecule has 1 aromatic carbocycles. The van der Waals surface area contributed by atoms with Crippen LogP contribution >= 0.6 is 0 Å². The third-order valence-corrected chi connectivity index (χ3v) is 5.93. The van der Waals surface area contributed by atoms with E-state index in [0.29, 0.717) is 32.5 Å². The Bertz CT molecular complexity index is 741. The van der Waals surface area contributed by atoms with E-state index in [2.05, 4.69) is 4.72 Å². The fourth-order valence-electron chi connectivity index (χ4n) is 3.00. The molecule has 0 spiro atoms. The van der Waals surface area contributed by atoms with Gasteiger partial charge in [-0.2, -0.15) is 0 Å². The van der Waals surface area contributed by atoms with Crippen LogP contribution in [0.15, 0.2) is 23.1 Å². The summed E-state index contributed by atoms with van der Waals surface area (Å²) in [6.45, 7) is 3.09. The number of fused-ring (bicyclic) bond motifs is 1. The quantitative estimate of drug-likeness (QED) is 0.854. The molecule has 1 aromatic rings. The van der Waals surface area contributed by atoms with Gasteiger partial charge in [-0.1, -0.05) is 0 Å². The maximum Gasteiger partial charge on any atom is 0.240 e. The third kappa shape index (κ3) is 3.46. The van der Waals surface area contributed by atoms with Gasteiger partial charge in [-0.15, -0.1) is 0 Å². The summed E-state index contributed by atoms with van der Waals surface area (Å²) in [6, 6.07) is 4.86. The van der Waals surface area contributed by atoms with Gasteiger partial charge in [-0.25, -0.2) is 13.1 Å². The third-order valence-electron chi connectivity index (χ3n) is 4.47. The molecule has 0 atom stereocenters. The van der Waals surface area contributed by atoms with Gasteiger partial charge >= 0.3 is 0 Å². The number of carbonyl (C=O) groups excluding carboxylic acids is 1. The van der Waals surface area contributed by atoms with E-state index in [-0.39, 0.29) is 17.3 Å². The highest BCUT2D eigenvalue weighted by molar-refractivity contribution is 7.89. The number of carbonyl (C=O) groups is 1. The zero-order valence-electron chi connectivity index (χ0n) is 13.9. The van der Waals surface area contributed by atoms with E-state index in [9.17, 15) is 13.2 Å². The van der Waals surface area contributed by atoms with Gasteiger partial charge in [0.15, 0.2) is 5.79 Å². The predicted octanol–water partition coefficient (Wildman–Crippen LogP) is 1.03. The lowest BCUT2D eigenvalue weighted by molar-refractivity contribution is -0.145. The van der Waals surface area contributed by atoms with E-state index < -0.39 is 15.8 Å². The van der Waals surface area contributed by atoms with Crippen molar-refractivity contribution >= 4 is 21.6 Å². The summed E-state index contributed by atoms with van der Waals surface area (Å²) in [5, 5.41) is 0. The Morgan fingerprint density at radius 1 is 1.25 bits per heavy atom. The van der Waals surface area contributed by atoms with Gasteiger partial charge in [0, 0.05) is 32.1 Å². The summed E-state index contributed by atoms with van der Waals surface area (Å²) in [5.74, 6) is -0.678.